The number of aromatic nitrogens is 3. The van der Waals surface area contributed by atoms with E-state index in [0.717, 1.165) is 45.6 Å². The van der Waals surface area contributed by atoms with E-state index in [9.17, 15) is 10.1 Å². The Bertz CT molecular complexity index is 1600. The zero-order valence-corrected chi connectivity index (χ0v) is 20.6. The van der Waals surface area contributed by atoms with Crippen LogP contribution < -0.4 is 10.4 Å². The topological polar surface area (TPSA) is 83.7 Å². The number of aryl methyl sites for hydroxylation is 1. The molecule has 0 saturated carbocycles. The molecule has 5 rings (SSSR count). The minimum Gasteiger partial charge on any atom is -0.497 e. The van der Waals surface area contributed by atoms with Crippen molar-refractivity contribution in [1.29, 1.82) is 5.26 Å². The molecule has 1 N–H and O–H groups in total. The maximum atomic E-state index is 12.4. The molecule has 7 heteroatoms. The number of H-pyrrole nitrogens is 1. The first kappa shape index (κ1) is 23.5. The lowest BCUT2D eigenvalue weighted by Crippen LogP contribution is -2.17. The third-order valence-electron chi connectivity index (χ3n) is 6.02. The van der Waals surface area contributed by atoms with Crippen molar-refractivity contribution in [2.24, 2.45) is 0 Å². The van der Waals surface area contributed by atoms with E-state index in [2.05, 4.69) is 11.1 Å². The highest BCUT2D eigenvalue weighted by molar-refractivity contribution is 7.99. The predicted octanol–water partition coefficient (Wildman–Crippen LogP) is 6.12. The summed E-state index contributed by atoms with van der Waals surface area (Å²) < 4.78 is 7.06. The van der Waals surface area contributed by atoms with Gasteiger partial charge < -0.3 is 9.72 Å². The van der Waals surface area contributed by atoms with Gasteiger partial charge in [0.1, 0.15) is 16.8 Å². The second kappa shape index (κ2) is 10.5. The van der Waals surface area contributed by atoms with E-state index in [1.807, 2.05) is 84.9 Å². The fourth-order valence-corrected chi connectivity index (χ4v) is 5.14. The first-order valence-electron chi connectivity index (χ1n) is 11.6. The average Bonchev–Trinajstić information content (AvgIpc) is 3.25. The number of benzene rings is 3. The normalized spacial score (nSPS) is 10.9. The first-order valence-corrected chi connectivity index (χ1v) is 12.6. The molecule has 3 aromatic carbocycles. The van der Waals surface area contributed by atoms with Crippen molar-refractivity contribution >= 4 is 22.8 Å². The number of ether oxygens (including phenoxy) is 1. The third-order valence-corrected chi connectivity index (χ3v) is 7.08. The number of hydrogen-bond acceptors (Lipinski definition) is 5. The molecule has 2 aromatic heterocycles. The van der Waals surface area contributed by atoms with Gasteiger partial charge in [-0.3, -0.25) is 4.57 Å². The Balaban J connectivity index is 1.44. The molecular weight excluding hydrogens is 468 g/mol. The van der Waals surface area contributed by atoms with Gasteiger partial charge in [0, 0.05) is 23.4 Å². The SMILES string of the molecule is COc1ccc(-c2cc(-c3ccccc3)nc(SCCCn3c(=O)[nH]c4ccccc43)c2C#N)cc1. The molecule has 2 heterocycles. The molecule has 0 spiro atoms. The van der Waals surface area contributed by atoms with Crippen LogP contribution in [0.2, 0.25) is 0 Å². The summed E-state index contributed by atoms with van der Waals surface area (Å²) in [5.74, 6) is 1.48. The van der Waals surface area contributed by atoms with Gasteiger partial charge in [0.15, 0.2) is 0 Å². The molecular formula is C29H24N4O2S. The van der Waals surface area contributed by atoms with Gasteiger partial charge in [-0.25, -0.2) is 9.78 Å². The fraction of sp³-hybridized carbons (Fsp3) is 0.138. The summed E-state index contributed by atoms with van der Waals surface area (Å²) in [6, 6.07) is 29.7. The number of para-hydroxylation sites is 2. The summed E-state index contributed by atoms with van der Waals surface area (Å²) in [5, 5.41) is 10.8. The van der Waals surface area contributed by atoms with Gasteiger partial charge >= 0.3 is 5.69 Å². The van der Waals surface area contributed by atoms with Gasteiger partial charge in [-0.1, -0.05) is 54.6 Å². The molecule has 0 fully saturated rings. The van der Waals surface area contributed by atoms with Crippen LogP contribution in [-0.2, 0) is 6.54 Å². The van der Waals surface area contributed by atoms with Gasteiger partial charge in [-0.05, 0) is 42.3 Å². The Hall–Kier alpha value is -4.28. The number of rotatable bonds is 8. The van der Waals surface area contributed by atoms with Gasteiger partial charge in [0.05, 0.1) is 29.4 Å². The molecule has 0 aliphatic rings. The smallest absolute Gasteiger partial charge is 0.326 e. The van der Waals surface area contributed by atoms with Crippen molar-refractivity contribution in [3.63, 3.8) is 0 Å². The summed E-state index contributed by atoms with van der Waals surface area (Å²) >= 11 is 1.55. The monoisotopic (exact) mass is 492 g/mol. The Morgan fingerprint density at radius 1 is 1.00 bits per heavy atom. The summed E-state index contributed by atoms with van der Waals surface area (Å²) in [6.07, 6.45) is 0.756. The highest BCUT2D eigenvalue weighted by Crippen LogP contribution is 2.35. The highest BCUT2D eigenvalue weighted by Gasteiger charge is 2.16. The Labute approximate surface area is 213 Å². The van der Waals surface area contributed by atoms with Crippen LogP contribution in [0, 0.1) is 11.3 Å². The van der Waals surface area contributed by atoms with Crippen LogP contribution in [0.3, 0.4) is 0 Å². The van der Waals surface area contributed by atoms with E-state index in [4.69, 9.17) is 9.72 Å². The fourth-order valence-electron chi connectivity index (χ4n) is 4.21. The molecule has 0 bridgehead atoms. The van der Waals surface area contributed by atoms with E-state index in [-0.39, 0.29) is 5.69 Å². The van der Waals surface area contributed by atoms with E-state index in [1.165, 1.54) is 0 Å². The van der Waals surface area contributed by atoms with Crippen molar-refractivity contribution in [1.82, 2.24) is 14.5 Å². The van der Waals surface area contributed by atoms with Crippen molar-refractivity contribution < 1.29 is 4.74 Å². The van der Waals surface area contributed by atoms with Crippen LogP contribution in [-0.4, -0.2) is 27.4 Å². The lowest BCUT2D eigenvalue weighted by molar-refractivity contribution is 0.415. The summed E-state index contributed by atoms with van der Waals surface area (Å²) in [6.45, 7) is 0.585. The maximum absolute atomic E-state index is 12.4. The van der Waals surface area contributed by atoms with Crippen molar-refractivity contribution in [3.8, 4) is 34.2 Å². The van der Waals surface area contributed by atoms with Crippen molar-refractivity contribution in [2.75, 3.05) is 12.9 Å². The molecule has 6 nitrogen and oxygen atoms in total. The van der Waals surface area contributed by atoms with Gasteiger partial charge in [0.2, 0.25) is 0 Å². The number of nitriles is 1. The van der Waals surface area contributed by atoms with Crippen LogP contribution in [0.25, 0.3) is 33.4 Å². The molecule has 36 heavy (non-hydrogen) atoms. The highest BCUT2D eigenvalue weighted by atomic mass is 32.2. The molecule has 5 aromatic rings. The number of nitrogens with one attached hydrogen (secondary N) is 1. The summed E-state index contributed by atoms with van der Waals surface area (Å²) in [7, 11) is 1.63. The van der Waals surface area contributed by atoms with Crippen LogP contribution >= 0.6 is 11.8 Å². The van der Waals surface area contributed by atoms with E-state index >= 15 is 0 Å². The number of imidazole rings is 1. The molecule has 0 unspecified atom stereocenters. The van der Waals surface area contributed by atoms with Crippen molar-refractivity contribution in [2.45, 2.75) is 18.0 Å². The lowest BCUT2D eigenvalue weighted by Gasteiger charge is -2.13. The van der Waals surface area contributed by atoms with Gasteiger partial charge in [-0.15, -0.1) is 11.8 Å². The molecule has 178 valence electrons. The largest absolute Gasteiger partial charge is 0.497 e. The molecule has 0 aliphatic heterocycles. The molecule has 0 atom stereocenters. The quantitative estimate of drug-likeness (QED) is 0.208. The first-order chi connectivity index (χ1) is 17.7. The minimum absolute atomic E-state index is 0.107. The van der Waals surface area contributed by atoms with Crippen LogP contribution in [0.5, 0.6) is 5.75 Å². The van der Waals surface area contributed by atoms with E-state index < -0.39 is 0 Å². The second-order valence-corrected chi connectivity index (χ2v) is 9.33. The van der Waals surface area contributed by atoms with Crippen LogP contribution in [0.1, 0.15) is 12.0 Å². The predicted molar refractivity (Wildman–Crippen MR) is 144 cm³/mol. The van der Waals surface area contributed by atoms with Crippen LogP contribution in [0.15, 0.2) is 94.7 Å². The average molecular weight is 493 g/mol. The molecule has 0 aliphatic carbocycles. The number of nitrogens with zero attached hydrogens (tertiary/aromatic N) is 3. The Morgan fingerprint density at radius 2 is 1.75 bits per heavy atom. The van der Waals surface area contributed by atoms with E-state index in [0.29, 0.717) is 22.9 Å². The Kier molecular flexibility index (Phi) is 6.87. The minimum atomic E-state index is -0.107. The molecule has 0 amide bonds. The summed E-state index contributed by atoms with van der Waals surface area (Å²) in [4.78, 5) is 20.2. The maximum Gasteiger partial charge on any atom is 0.326 e. The number of hydrogen-bond donors (Lipinski definition) is 1. The lowest BCUT2D eigenvalue weighted by atomic mass is 9.99. The second-order valence-electron chi connectivity index (χ2n) is 8.24. The molecule has 0 saturated heterocycles. The van der Waals surface area contributed by atoms with Crippen molar-refractivity contribution in [3.05, 3.63) is 101 Å². The van der Waals surface area contributed by atoms with Gasteiger partial charge in [-0.2, -0.15) is 5.26 Å². The Morgan fingerprint density at radius 3 is 2.50 bits per heavy atom. The number of thioether (sulfide) groups is 1. The zero-order valence-electron chi connectivity index (χ0n) is 19.8. The number of methoxy groups -OCH3 is 1. The summed E-state index contributed by atoms with van der Waals surface area (Å²) in [5.41, 5.74) is 5.75. The van der Waals surface area contributed by atoms with Gasteiger partial charge in [0.25, 0.3) is 0 Å². The number of pyridine rings is 1. The number of aromatic amines is 1. The van der Waals surface area contributed by atoms with E-state index in [1.54, 1.807) is 23.4 Å². The third kappa shape index (κ3) is 4.77. The number of fused-ring (bicyclic) bond motifs is 1. The standard InChI is InChI=1S/C29H24N4O2S/c1-35-22-14-12-20(13-15-22)23-18-26(21-8-3-2-4-9-21)31-28(24(23)19-30)36-17-7-16-33-27-11-6-5-10-25(27)32-29(33)34/h2-6,8-15,18H,7,16-17H2,1H3,(H,32,34). The zero-order chi connectivity index (χ0) is 24.9. The molecule has 0 radical (unpaired) electrons. The van der Waals surface area contributed by atoms with Crippen LogP contribution in [0.4, 0.5) is 0 Å².